The van der Waals surface area contributed by atoms with Gasteiger partial charge in [0.15, 0.2) is 0 Å². The van der Waals surface area contributed by atoms with Gasteiger partial charge in [-0.2, -0.15) is 0 Å². The predicted molar refractivity (Wildman–Crippen MR) is 65.3 cm³/mol. The van der Waals surface area contributed by atoms with E-state index >= 15 is 0 Å². The predicted octanol–water partition coefficient (Wildman–Crippen LogP) is 2.50. The van der Waals surface area contributed by atoms with E-state index in [0.717, 1.165) is 22.9 Å². The van der Waals surface area contributed by atoms with Crippen LogP contribution in [0.15, 0.2) is 28.7 Å². The number of benzene rings is 1. The lowest BCUT2D eigenvalue weighted by atomic mass is 9.92. The molecule has 2 N–H and O–H groups in total. The van der Waals surface area contributed by atoms with Crippen molar-refractivity contribution in [2.45, 2.75) is 31.3 Å². The molecule has 0 amide bonds. The zero-order chi connectivity index (χ0) is 11.8. The second-order valence-corrected chi connectivity index (χ2v) is 5.27. The monoisotopic (exact) mass is 283 g/mol. The fraction of sp³-hybridized carbons (Fsp3) is 0.417. The first-order valence-corrected chi connectivity index (χ1v) is 6.09. The van der Waals surface area contributed by atoms with Gasteiger partial charge < -0.3 is 5.11 Å². The Morgan fingerprint density at radius 3 is 2.44 bits per heavy atom. The van der Waals surface area contributed by atoms with Crippen molar-refractivity contribution in [3.05, 3.63) is 34.3 Å². The van der Waals surface area contributed by atoms with Gasteiger partial charge in [0.1, 0.15) is 5.54 Å². The highest BCUT2D eigenvalue weighted by atomic mass is 79.9. The Hall–Kier alpha value is -0.870. The molecule has 1 saturated carbocycles. The van der Waals surface area contributed by atoms with Gasteiger partial charge in [0.05, 0.1) is 0 Å². The summed E-state index contributed by atoms with van der Waals surface area (Å²) in [6.07, 6.45) is 2.14. The quantitative estimate of drug-likeness (QED) is 0.893. The molecule has 1 aliphatic carbocycles. The summed E-state index contributed by atoms with van der Waals surface area (Å²) >= 11 is 3.34. The molecule has 1 aromatic rings. The SMILES string of the molecule is CC(NC1CC1)(C(=O)O)c1ccc(Br)cc1. The van der Waals surface area contributed by atoms with E-state index in [4.69, 9.17) is 0 Å². The van der Waals surface area contributed by atoms with E-state index in [1.54, 1.807) is 6.92 Å². The molecule has 0 aliphatic heterocycles. The largest absolute Gasteiger partial charge is 0.480 e. The van der Waals surface area contributed by atoms with Crippen LogP contribution in [0.4, 0.5) is 0 Å². The Bertz CT molecular complexity index is 400. The molecule has 0 radical (unpaired) electrons. The molecule has 1 aliphatic rings. The van der Waals surface area contributed by atoms with Crippen molar-refractivity contribution in [1.82, 2.24) is 5.32 Å². The van der Waals surface area contributed by atoms with E-state index in [2.05, 4.69) is 21.2 Å². The summed E-state index contributed by atoms with van der Waals surface area (Å²) in [5.41, 5.74) is -0.197. The Balaban J connectivity index is 2.30. The lowest BCUT2D eigenvalue weighted by molar-refractivity contribution is -0.144. The molecular weight excluding hydrogens is 270 g/mol. The van der Waals surface area contributed by atoms with Crippen molar-refractivity contribution < 1.29 is 9.90 Å². The van der Waals surface area contributed by atoms with Crippen molar-refractivity contribution in [2.75, 3.05) is 0 Å². The van der Waals surface area contributed by atoms with Gasteiger partial charge in [0.2, 0.25) is 0 Å². The fourth-order valence-electron chi connectivity index (χ4n) is 1.69. The number of nitrogens with one attached hydrogen (secondary N) is 1. The average Bonchev–Trinajstić information content (AvgIpc) is 3.02. The number of carboxylic acids is 1. The van der Waals surface area contributed by atoms with Gasteiger partial charge in [-0.3, -0.25) is 5.32 Å². The molecule has 1 fully saturated rings. The summed E-state index contributed by atoms with van der Waals surface area (Å²) in [5.74, 6) is -0.832. The molecule has 3 nitrogen and oxygen atoms in total. The molecule has 0 bridgehead atoms. The number of hydrogen-bond acceptors (Lipinski definition) is 2. The van der Waals surface area contributed by atoms with E-state index in [-0.39, 0.29) is 0 Å². The van der Waals surface area contributed by atoms with Crippen LogP contribution in [0.3, 0.4) is 0 Å². The molecule has 16 heavy (non-hydrogen) atoms. The molecule has 0 saturated heterocycles. The van der Waals surface area contributed by atoms with E-state index in [9.17, 15) is 9.90 Å². The maximum atomic E-state index is 11.4. The lowest BCUT2D eigenvalue weighted by Crippen LogP contribution is -2.47. The molecule has 1 aromatic carbocycles. The molecule has 2 rings (SSSR count). The van der Waals surface area contributed by atoms with Crippen molar-refractivity contribution in [2.24, 2.45) is 0 Å². The van der Waals surface area contributed by atoms with E-state index in [1.165, 1.54) is 0 Å². The highest BCUT2D eigenvalue weighted by Gasteiger charge is 2.39. The third kappa shape index (κ3) is 2.28. The van der Waals surface area contributed by atoms with Crippen LogP contribution in [0.1, 0.15) is 25.3 Å². The Labute approximate surface area is 103 Å². The minimum absolute atomic E-state index is 0.352. The normalized spacial score (nSPS) is 19.1. The fourth-order valence-corrected chi connectivity index (χ4v) is 1.95. The van der Waals surface area contributed by atoms with E-state index in [1.807, 2.05) is 24.3 Å². The van der Waals surface area contributed by atoms with Gasteiger partial charge in [0.25, 0.3) is 0 Å². The Kier molecular flexibility index (Phi) is 3.04. The lowest BCUT2D eigenvalue weighted by Gasteiger charge is -2.27. The van der Waals surface area contributed by atoms with Gasteiger partial charge in [0, 0.05) is 10.5 Å². The van der Waals surface area contributed by atoms with Crippen LogP contribution < -0.4 is 5.32 Å². The molecule has 0 aromatic heterocycles. The molecule has 0 spiro atoms. The first-order valence-electron chi connectivity index (χ1n) is 5.29. The smallest absolute Gasteiger partial charge is 0.328 e. The molecule has 86 valence electrons. The van der Waals surface area contributed by atoms with Gasteiger partial charge in [-0.15, -0.1) is 0 Å². The molecule has 1 atom stereocenters. The summed E-state index contributed by atoms with van der Waals surface area (Å²) < 4.78 is 0.954. The van der Waals surface area contributed by atoms with Crippen molar-refractivity contribution >= 4 is 21.9 Å². The molecule has 4 heteroatoms. The summed E-state index contributed by atoms with van der Waals surface area (Å²) in [4.78, 5) is 11.4. The summed E-state index contributed by atoms with van der Waals surface area (Å²) in [6.45, 7) is 1.72. The topological polar surface area (TPSA) is 49.3 Å². The second kappa shape index (κ2) is 4.18. The van der Waals surface area contributed by atoms with Crippen LogP contribution >= 0.6 is 15.9 Å². The number of halogens is 1. The molecule has 1 unspecified atom stereocenters. The zero-order valence-corrected chi connectivity index (χ0v) is 10.6. The van der Waals surface area contributed by atoms with E-state index in [0.29, 0.717) is 6.04 Å². The minimum atomic E-state index is -0.984. The van der Waals surface area contributed by atoms with Crippen LogP contribution in [0, 0.1) is 0 Å². The second-order valence-electron chi connectivity index (χ2n) is 4.36. The van der Waals surface area contributed by atoms with Gasteiger partial charge in [-0.05, 0) is 37.5 Å². The number of aliphatic carboxylic acids is 1. The van der Waals surface area contributed by atoms with Gasteiger partial charge in [-0.25, -0.2) is 4.79 Å². The van der Waals surface area contributed by atoms with Crippen molar-refractivity contribution in [3.63, 3.8) is 0 Å². The summed E-state index contributed by atoms with van der Waals surface area (Å²) in [5, 5.41) is 12.5. The number of carboxylic acid groups (broad SMARTS) is 1. The highest BCUT2D eigenvalue weighted by Crippen LogP contribution is 2.29. The number of hydrogen-bond donors (Lipinski definition) is 2. The summed E-state index contributed by atoms with van der Waals surface area (Å²) in [6, 6.07) is 7.77. The van der Waals surface area contributed by atoms with Crippen LogP contribution in [0.25, 0.3) is 0 Å². The average molecular weight is 284 g/mol. The highest BCUT2D eigenvalue weighted by molar-refractivity contribution is 9.10. The first-order chi connectivity index (χ1) is 7.52. The Morgan fingerprint density at radius 1 is 1.44 bits per heavy atom. The zero-order valence-electron chi connectivity index (χ0n) is 9.03. The van der Waals surface area contributed by atoms with Crippen molar-refractivity contribution in [3.8, 4) is 0 Å². The van der Waals surface area contributed by atoms with Gasteiger partial charge in [-0.1, -0.05) is 28.1 Å². The van der Waals surface area contributed by atoms with Crippen molar-refractivity contribution in [1.29, 1.82) is 0 Å². The first kappa shape index (κ1) is 11.6. The molecule has 0 heterocycles. The Morgan fingerprint density at radius 2 is 2.00 bits per heavy atom. The third-order valence-corrected chi connectivity index (χ3v) is 3.45. The maximum absolute atomic E-state index is 11.4. The van der Waals surface area contributed by atoms with Crippen LogP contribution in [0.2, 0.25) is 0 Å². The summed E-state index contributed by atoms with van der Waals surface area (Å²) in [7, 11) is 0. The molecular formula is C12H14BrNO2. The van der Waals surface area contributed by atoms with E-state index < -0.39 is 11.5 Å². The van der Waals surface area contributed by atoms with Crippen LogP contribution in [-0.4, -0.2) is 17.1 Å². The standard InChI is InChI=1S/C12H14BrNO2/c1-12(11(15)16,14-10-6-7-10)8-2-4-9(13)5-3-8/h2-5,10,14H,6-7H2,1H3,(H,15,16). The van der Waals surface area contributed by atoms with Crippen LogP contribution in [-0.2, 0) is 10.3 Å². The maximum Gasteiger partial charge on any atom is 0.328 e. The van der Waals surface area contributed by atoms with Gasteiger partial charge >= 0.3 is 5.97 Å². The van der Waals surface area contributed by atoms with Crippen LogP contribution in [0.5, 0.6) is 0 Å². The number of carbonyl (C=O) groups is 1. The minimum Gasteiger partial charge on any atom is -0.480 e. The number of rotatable bonds is 4. The third-order valence-electron chi connectivity index (χ3n) is 2.92.